The molecule has 0 amide bonds. The van der Waals surface area contributed by atoms with Crippen LogP contribution in [0.2, 0.25) is 0 Å². The van der Waals surface area contributed by atoms with Gasteiger partial charge in [-0.2, -0.15) is 0 Å². The van der Waals surface area contributed by atoms with E-state index in [1.54, 1.807) is 12.5 Å². The van der Waals surface area contributed by atoms with Gasteiger partial charge in [0, 0.05) is 15.6 Å². The van der Waals surface area contributed by atoms with Crippen LogP contribution in [0, 0.1) is 0 Å². The lowest BCUT2D eigenvalue weighted by atomic mass is 10.1. The van der Waals surface area contributed by atoms with Crippen LogP contribution < -0.4 is 0 Å². The number of rotatable bonds is 2. The normalized spacial score (nSPS) is 10.6. The van der Waals surface area contributed by atoms with Gasteiger partial charge in [0.2, 0.25) is 0 Å². The van der Waals surface area contributed by atoms with Gasteiger partial charge >= 0.3 is 0 Å². The average Bonchev–Trinajstić information content (AvgIpc) is 3.02. The van der Waals surface area contributed by atoms with E-state index in [2.05, 4.69) is 15.9 Å². The first-order chi connectivity index (χ1) is 8.33. The molecule has 0 saturated carbocycles. The van der Waals surface area contributed by atoms with E-state index in [4.69, 9.17) is 8.83 Å². The molecule has 0 aliphatic heterocycles. The summed E-state index contributed by atoms with van der Waals surface area (Å²) in [5.74, 6) is 1.69. The van der Waals surface area contributed by atoms with Crippen LogP contribution in [0.15, 0.2) is 68.3 Å². The smallest absolute Gasteiger partial charge is 0.133 e. The molecule has 0 bridgehead atoms. The Kier molecular flexibility index (Phi) is 2.61. The van der Waals surface area contributed by atoms with Crippen LogP contribution in [0.4, 0.5) is 0 Å². The lowest BCUT2D eigenvalue weighted by molar-refractivity contribution is 0.580. The first-order valence-corrected chi connectivity index (χ1v) is 6.00. The number of halogens is 1. The minimum atomic E-state index is 0.846. The van der Waals surface area contributed by atoms with Gasteiger partial charge in [0.15, 0.2) is 0 Å². The molecule has 0 aliphatic carbocycles. The number of benzene rings is 1. The largest absolute Gasteiger partial charge is 0.464 e. The van der Waals surface area contributed by atoms with Gasteiger partial charge in [-0.3, -0.25) is 0 Å². The van der Waals surface area contributed by atoms with Crippen molar-refractivity contribution in [3.05, 3.63) is 59.5 Å². The first kappa shape index (κ1) is 10.4. The van der Waals surface area contributed by atoms with Crippen molar-refractivity contribution < 1.29 is 8.83 Å². The first-order valence-electron chi connectivity index (χ1n) is 5.21. The van der Waals surface area contributed by atoms with E-state index in [0.29, 0.717) is 0 Å². The molecule has 0 unspecified atom stereocenters. The Balaban J connectivity index is 2.13. The third-order valence-electron chi connectivity index (χ3n) is 2.51. The van der Waals surface area contributed by atoms with Crippen molar-refractivity contribution in [1.29, 1.82) is 0 Å². The zero-order valence-corrected chi connectivity index (χ0v) is 10.5. The fraction of sp³-hybridized carbons (Fsp3) is 0. The second kappa shape index (κ2) is 4.26. The van der Waals surface area contributed by atoms with Gasteiger partial charge in [0.1, 0.15) is 11.5 Å². The van der Waals surface area contributed by atoms with Gasteiger partial charge in [-0.05, 0) is 42.5 Å². The molecule has 3 rings (SSSR count). The van der Waals surface area contributed by atoms with Crippen LogP contribution in [0.5, 0.6) is 0 Å². The molecule has 0 N–H and O–H groups in total. The Morgan fingerprint density at radius 3 is 1.71 bits per heavy atom. The molecule has 0 radical (unpaired) electrons. The highest BCUT2D eigenvalue weighted by Gasteiger charge is 2.07. The zero-order valence-electron chi connectivity index (χ0n) is 8.89. The van der Waals surface area contributed by atoms with Crippen molar-refractivity contribution >= 4 is 15.9 Å². The van der Waals surface area contributed by atoms with E-state index in [9.17, 15) is 0 Å². The maximum absolute atomic E-state index is 5.40. The molecule has 0 saturated heterocycles. The second-order valence-corrected chi connectivity index (χ2v) is 4.60. The molecule has 2 heterocycles. The van der Waals surface area contributed by atoms with E-state index < -0.39 is 0 Å². The van der Waals surface area contributed by atoms with Crippen LogP contribution in [0.25, 0.3) is 22.6 Å². The van der Waals surface area contributed by atoms with Crippen LogP contribution in [-0.4, -0.2) is 0 Å². The quantitative estimate of drug-likeness (QED) is 0.665. The average molecular weight is 289 g/mol. The Morgan fingerprint density at radius 1 is 0.765 bits per heavy atom. The molecule has 1 aromatic carbocycles. The highest BCUT2D eigenvalue weighted by molar-refractivity contribution is 9.10. The van der Waals surface area contributed by atoms with Gasteiger partial charge in [0.25, 0.3) is 0 Å². The summed E-state index contributed by atoms with van der Waals surface area (Å²) in [6.07, 6.45) is 3.34. The van der Waals surface area contributed by atoms with Gasteiger partial charge in [-0.1, -0.05) is 15.9 Å². The summed E-state index contributed by atoms with van der Waals surface area (Å²) in [4.78, 5) is 0. The molecule has 2 aromatic heterocycles. The fourth-order valence-corrected chi connectivity index (χ4v) is 2.25. The van der Waals surface area contributed by atoms with E-state index in [1.807, 2.05) is 42.5 Å². The molecule has 0 spiro atoms. The molecule has 0 aliphatic rings. The highest BCUT2D eigenvalue weighted by atomic mass is 79.9. The van der Waals surface area contributed by atoms with E-state index in [1.165, 1.54) is 0 Å². The fourth-order valence-electron chi connectivity index (χ4n) is 1.76. The Labute approximate surface area is 107 Å². The summed E-state index contributed by atoms with van der Waals surface area (Å²) in [6.45, 7) is 0. The predicted molar refractivity (Wildman–Crippen MR) is 69.5 cm³/mol. The molecule has 0 atom stereocenters. The maximum Gasteiger partial charge on any atom is 0.133 e. The monoisotopic (exact) mass is 288 g/mol. The zero-order chi connectivity index (χ0) is 11.7. The lowest BCUT2D eigenvalue weighted by Gasteiger charge is -2.02. The van der Waals surface area contributed by atoms with E-state index in [-0.39, 0.29) is 0 Å². The molecule has 17 heavy (non-hydrogen) atoms. The lowest BCUT2D eigenvalue weighted by Crippen LogP contribution is -1.79. The molecule has 84 valence electrons. The van der Waals surface area contributed by atoms with Crippen LogP contribution in [-0.2, 0) is 0 Å². The third-order valence-corrected chi connectivity index (χ3v) is 2.97. The van der Waals surface area contributed by atoms with Crippen molar-refractivity contribution in [3.8, 4) is 22.6 Å². The number of hydrogen-bond acceptors (Lipinski definition) is 2. The summed E-state index contributed by atoms with van der Waals surface area (Å²) < 4.78 is 11.8. The van der Waals surface area contributed by atoms with Crippen LogP contribution in [0.1, 0.15) is 0 Å². The van der Waals surface area contributed by atoms with E-state index in [0.717, 1.165) is 27.1 Å². The molecule has 2 nitrogen and oxygen atoms in total. The second-order valence-electron chi connectivity index (χ2n) is 3.68. The van der Waals surface area contributed by atoms with E-state index >= 15 is 0 Å². The molecule has 3 aromatic rings. The van der Waals surface area contributed by atoms with Gasteiger partial charge in [0.05, 0.1) is 12.5 Å². The Bertz CT molecular complexity index is 557. The molecule has 0 fully saturated rings. The van der Waals surface area contributed by atoms with Crippen molar-refractivity contribution in [1.82, 2.24) is 0 Å². The highest BCUT2D eigenvalue weighted by Crippen LogP contribution is 2.30. The van der Waals surface area contributed by atoms with Crippen molar-refractivity contribution in [2.45, 2.75) is 0 Å². The molecular weight excluding hydrogens is 280 g/mol. The Morgan fingerprint density at radius 2 is 1.29 bits per heavy atom. The minimum Gasteiger partial charge on any atom is -0.464 e. The van der Waals surface area contributed by atoms with Crippen molar-refractivity contribution in [2.24, 2.45) is 0 Å². The minimum absolute atomic E-state index is 0.846. The van der Waals surface area contributed by atoms with Gasteiger partial charge in [-0.15, -0.1) is 0 Å². The summed E-state index contributed by atoms with van der Waals surface area (Å²) in [6, 6.07) is 13.7. The number of furan rings is 2. The summed E-state index contributed by atoms with van der Waals surface area (Å²) in [5, 5.41) is 0. The number of hydrogen-bond donors (Lipinski definition) is 0. The topological polar surface area (TPSA) is 26.3 Å². The summed E-state index contributed by atoms with van der Waals surface area (Å²) in [7, 11) is 0. The summed E-state index contributed by atoms with van der Waals surface area (Å²) in [5.41, 5.74) is 2.05. The van der Waals surface area contributed by atoms with Crippen LogP contribution >= 0.6 is 15.9 Å². The van der Waals surface area contributed by atoms with Crippen molar-refractivity contribution in [2.75, 3.05) is 0 Å². The Hall–Kier alpha value is -1.74. The third kappa shape index (κ3) is 2.06. The molecule has 3 heteroatoms. The predicted octanol–water partition coefficient (Wildman–Crippen LogP) is 4.97. The standard InChI is InChI=1S/C14H9BrO2/c15-12-8-10(13-3-1-5-16-13)7-11(9-12)14-4-2-6-17-14/h1-9H. The summed E-state index contributed by atoms with van der Waals surface area (Å²) >= 11 is 3.50. The maximum atomic E-state index is 5.40. The van der Waals surface area contributed by atoms with Crippen molar-refractivity contribution in [3.63, 3.8) is 0 Å². The van der Waals surface area contributed by atoms with Crippen LogP contribution in [0.3, 0.4) is 0 Å². The SMILES string of the molecule is Brc1cc(-c2ccco2)cc(-c2ccco2)c1. The van der Waals surface area contributed by atoms with Gasteiger partial charge < -0.3 is 8.83 Å². The molecular formula is C14H9BrO2. The van der Waals surface area contributed by atoms with Gasteiger partial charge in [-0.25, -0.2) is 0 Å².